The Labute approximate surface area is 204 Å². The summed E-state index contributed by atoms with van der Waals surface area (Å²) in [6.45, 7) is 0. The van der Waals surface area contributed by atoms with Gasteiger partial charge in [-0.05, 0) is 46.0 Å². The second-order valence-corrected chi connectivity index (χ2v) is 7.80. The molecular formula is C28H18O8. The third-order valence-corrected chi connectivity index (χ3v) is 5.72. The molecule has 0 aromatic heterocycles. The molecule has 0 heterocycles. The first-order valence-corrected chi connectivity index (χ1v) is 10.6. The van der Waals surface area contributed by atoms with Gasteiger partial charge >= 0.3 is 23.9 Å². The molecule has 0 saturated heterocycles. The number of hydrogen-bond donors (Lipinski definition) is 4. The number of carboxylic acids is 4. The lowest BCUT2D eigenvalue weighted by Gasteiger charge is -2.19. The molecule has 0 atom stereocenters. The van der Waals surface area contributed by atoms with E-state index in [0.717, 1.165) is 23.8 Å². The molecule has 0 aliphatic carbocycles. The van der Waals surface area contributed by atoms with E-state index >= 15 is 0 Å². The SMILES string of the molecule is O=C(O)c1ccc(-c2ccc(C(=O)O)c(C(=O)O)c2-c2ccccc2-c2ccccc2)cc1C(=O)O. The van der Waals surface area contributed by atoms with E-state index in [-0.39, 0.29) is 16.7 Å². The van der Waals surface area contributed by atoms with Gasteiger partial charge in [0.2, 0.25) is 0 Å². The average Bonchev–Trinajstić information content (AvgIpc) is 2.87. The van der Waals surface area contributed by atoms with Gasteiger partial charge in [0.25, 0.3) is 0 Å². The van der Waals surface area contributed by atoms with Crippen LogP contribution in [0.1, 0.15) is 41.4 Å². The molecule has 178 valence electrons. The van der Waals surface area contributed by atoms with Gasteiger partial charge in [-0.25, -0.2) is 19.2 Å². The van der Waals surface area contributed by atoms with Crippen molar-refractivity contribution in [2.75, 3.05) is 0 Å². The highest BCUT2D eigenvalue weighted by atomic mass is 16.4. The maximum atomic E-state index is 12.4. The van der Waals surface area contributed by atoms with Crippen LogP contribution in [0.4, 0.5) is 0 Å². The van der Waals surface area contributed by atoms with Crippen molar-refractivity contribution < 1.29 is 39.6 Å². The predicted octanol–water partition coefficient (Wildman–Crippen LogP) is 5.48. The third-order valence-electron chi connectivity index (χ3n) is 5.72. The van der Waals surface area contributed by atoms with Gasteiger partial charge in [-0.15, -0.1) is 0 Å². The van der Waals surface area contributed by atoms with Crippen molar-refractivity contribution in [3.8, 4) is 33.4 Å². The van der Waals surface area contributed by atoms with E-state index in [2.05, 4.69) is 0 Å². The standard InChI is InChI=1S/C28H18O8/c29-25(30)20-11-10-16(14-22(20)27(33)34)18-12-13-21(26(31)32)24(28(35)36)23(18)19-9-5-4-8-17(19)15-6-2-1-3-7-15/h1-14H,(H,29,30)(H,31,32)(H,33,34)(H,35,36). The Hall–Kier alpha value is -5.24. The minimum atomic E-state index is -1.48. The van der Waals surface area contributed by atoms with Crippen LogP contribution in [0.2, 0.25) is 0 Å². The number of carbonyl (C=O) groups is 4. The maximum Gasteiger partial charge on any atom is 0.337 e. The smallest absolute Gasteiger partial charge is 0.337 e. The van der Waals surface area contributed by atoms with E-state index < -0.39 is 46.1 Å². The van der Waals surface area contributed by atoms with E-state index in [1.165, 1.54) is 12.1 Å². The van der Waals surface area contributed by atoms with Crippen molar-refractivity contribution in [3.05, 3.63) is 107 Å². The molecule has 0 unspecified atom stereocenters. The van der Waals surface area contributed by atoms with E-state index in [9.17, 15) is 39.6 Å². The number of carboxylic acid groups (broad SMARTS) is 4. The zero-order valence-corrected chi connectivity index (χ0v) is 18.5. The lowest BCUT2D eigenvalue weighted by Crippen LogP contribution is -2.12. The van der Waals surface area contributed by atoms with E-state index in [0.29, 0.717) is 11.1 Å². The number of hydrogen-bond acceptors (Lipinski definition) is 4. The lowest BCUT2D eigenvalue weighted by atomic mass is 9.84. The molecule has 0 amide bonds. The van der Waals surface area contributed by atoms with Gasteiger partial charge in [-0.3, -0.25) is 0 Å². The Morgan fingerprint density at radius 2 is 1.00 bits per heavy atom. The molecule has 4 N–H and O–H groups in total. The van der Waals surface area contributed by atoms with Crippen molar-refractivity contribution in [2.45, 2.75) is 0 Å². The summed E-state index contributed by atoms with van der Waals surface area (Å²) >= 11 is 0. The Morgan fingerprint density at radius 1 is 0.444 bits per heavy atom. The molecule has 4 rings (SSSR count). The molecule has 4 aromatic rings. The molecule has 0 spiro atoms. The maximum absolute atomic E-state index is 12.4. The summed E-state index contributed by atoms with van der Waals surface area (Å²) in [4.78, 5) is 47.7. The second kappa shape index (κ2) is 9.55. The fourth-order valence-electron chi connectivity index (χ4n) is 4.17. The molecule has 0 radical (unpaired) electrons. The van der Waals surface area contributed by atoms with Crippen LogP contribution < -0.4 is 0 Å². The highest BCUT2D eigenvalue weighted by Crippen LogP contribution is 2.42. The predicted molar refractivity (Wildman–Crippen MR) is 131 cm³/mol. The summed E-state index contributed by atoms with van der Waals surface area (Å²) < 4.78 is 0. The number of benzene rings is 4. The van der Waals surface area contributed by atoms with Crippen LogP contribution in [0.5, 0.6) is 0 Å². The van der Waals surface area contributed by atoms with Crippen molar-refractivity contribution in [2.24, 2.45) is 0 Å². The van der Waals surface area contributed by atoms with Crippen molar-refractivity contribution in [1.29, 1.82) is 0 Å². The molecule has 0 saturated carbocycles. The van der Waals surface area contributed by atoms with E-state index in [1.54, 1.807) is 24.3 Å². The van der Waals surface area contributed by atoms with Crippen molar-refractivity contribution >= 4 is 23.9 Å². The van der Waals surface area contributed by atoms with Crippen molar-refractivity contribution in [1.82, 2.24) is 0 Å². The zero-order chi connectivity index (χ0) is 26.0. The first kappa shape index (κ1) is 23.9. The van der Waals surface area contributed by atoms with Crippen LogP contribution in [0.3, 0.4) is 0 Å². The fourth-order valence-corrected chi connectivity index (χ4v) is 4.17. The Morgan fingerprint density at radius 3 is 1.58 bits per heavy atom. The molecule has 0 aliphatic heterocycles. The Balaban J connectivity index is 2.14. The molecule has 4 aromatic carbocycles. The zero-order valence-electron chi connectivity index (χ0n) is 18.5. The first-order chi connectivity index (χ1) is 17.2. The topological polar surface area (TPSA) is 149 Å². The van der Waals surface area contributed by atoms with E-state index in [4.69, 9.17) is 0 Å². The van der Waals surface area contributed by atoms with Gasteiger partial charge in [0.05, 0.1) is 22.3 Å². The van der Waals surface area contributed by atoms with Crippen LogP contribution >= 0.6 is 0 Å². The van der Waals surface area contributed by atoms with Gasteiger partial charge in [0.1, 0.15) is 0 Å². The monoisotopic (exact) mass is 482 g/mol. The van der Waals surface area contributed by atoms with Crippen molar-refractivity contribution in [3.63, 3.8) is 0 Å². The summed E-state index contributed by atoms with van der Waals surface area (Å²) in [5.74, 6) is -5.82. The highest BCUT2D eigenvalue weighted by Gasteiger charge is 2.27. The summed E-state index contributed by atoms with van der Waals surface area (Å²) in [6.07, 6.45) is 0. The summed E-state index contributed by atoms with van der Waals surface area (Å²) in [6, 6.07) is 22.1. The summed E-state index contributed by atoms with van der Waals surface area (Å²) in [7, 11) is 0. The van der Waals surface area contributed by atoms with Gasteiger partial charge in [0, 0.05) is 5.56 Å². The van der Waals surface area contributed by atoms with E-state index in [1.807, 2.05) is 30.3 Å². The van der Waals surface area contributed by atoms with Crippen LogP contribution in [0, 0.1) is 0 Å². The van der Waals surface area contributed by atoms with Crippen LogP contribution in [0.25, 0.3) is 33.4 Å². The van der Waals surface area contributed by atoms with Crippen LogP contribution in [0.15, 0.2) is 84.9 Å². The quantitative estimate of drug-likeness (QED) is 0.270. The third kappa shape index (κ3) is 4.30. The minimum absolute atomic E-state index is 0.0706. The van der Waals surface area contributed by atoms with Gasteiger partial charge in [0.15, 0.2) is 0 Å². The molecular weight excluding hydrogens is 464 g/mol. The molecule has 0 bridgehead atoms. The molecule has 8 heteroatoms. The van der Waals surface area contributed by atoms with Gasteiger partial charge in [-0.2, -0.15) is 0 Å². The molecule has 36 heavy (non-hydrogen) atoms. The molecule has 0 fully saturated rings. The van der Waals surface area contributed by atoms with Crippen LogP contribution in [-0.2, 0) is 0 Å². The number of aromatic carboxylic acids is 4. The highest BCUT2D eigenvalue weighted by molar-refractivity contribution is 6.11. The second-order valence-electron chi connectivity index (χ2n) is 7.80. The minimum Gasteiger partial charge on any atom is -0.478 e. The average molecular weight is 482 g/mol. The lowest BCUT2D eigenvalue weighted by molar-refractivity contribution is 0.0651. The summed E-state index contributed by atoms with van der Waals surface area (Å²) in [5.41, 5.74) is 0.495. The van der Waals surface area contributed by atoms with Crippen LogP contribution in [-0.4, -0.2) is 44.3 Å². The van der Waals surface area contributed by atoms with Gasteiger partial charge in [-0.1, -0.05) is 66.7 Å². The largest absolute Gasteiger partial charge is 0.478 e. The first-order valence-electron chi connectivity index (χ1n) is 10.6. The normalized spacial score (nSPS) is 10.6. The molecule has 8 nitrogen and oxygen atoms in total. The Kier molecular flexibility index (Phi) is 6.34. The number of rotatable bonds is 7. The fraction of sp³-hybridized carbons (Fsp3) is 0. The van der Waals surface area contributed by atoms with Gasteiger partial charge < -0.3 is 20.4 Å². The Bertz CT molecular complexity index is 1540. The molecule has 0 aliphatic rings. The summed E-state index contributed by atoms with van der Waals surface area (Å²) in [5, 5.41) is 38.8.